The van der Waals surface area contributed by atoms with Crippen LogP contribution in [0.5, 0.6) is 0 Å². The third kappa shape index (κ3) is 3.08. The predicted molar refractivity (Wildman–Crippen MR) is 133 cm³/mol. The Hall–Kier alpha value is -3.81. The molecule has 0 fully saturated rings. The molecule has 0 heterocycles. The second-order valence-electron chi connectivity index (χ2n) is 7.67. The lowest BCUT2D eigenvalue weighted by atomic mass is 9.81. The minimum atomic E-state index is -4.10. The van der Waals surface area contributed by atoms with E-state index in [0.717, 1.165) is 0 Å². The second-order valence-corrected chi connectivity index (χ2v) is 9.96. The fourth-order valence-electron chi connectivity index (χ4n) is 4.27. The molecule has 0 saturated carbocycles. The van der Waals surface area contributed by atoms with Gasteiger partial charge in [-0.1, -0.05) is 85.0 Å². The number of benzene rings is 4. The van der Waals surface area contributed by atoms with E-state index in [1.54, 1.807) is 66.7 Å². The van der Waals surface area contributed by atoms with Crippen LogP contribution in [0, 0.1) is 0 Å². The van der Waals surface area contributed by atoms with E-state index < -0.39 is 9.84 Å². The average Bonchev–Trinajstić information content (AvgIpc) is 2.84. The lowest BCUT2D eigenvalue weighted by molar-refractivity contribution is 0.103. The normalized spacial score (nSPS) is 12.8. The van der Waals surface area contributed by atoms with E-state index in [1.807, 2.05) is 6.07 Å². The largest absolute Gasteiger partial charge is 0.398 e. The molecule has 1 aliphatic rings. The number of ketones is 1. The number of hydrogen-bond acceptors (Lipinski definition) is 6. The summed E-state index contributed by atoms with van der Waals surface area (Å²) in [7, 11) is -4.10. The van der Waals surface area contributed by atoms with Gasteiger partial charge in [0.25, 0.3) is 0 Å². The number of carbonyl (C=O) groups is 1. The summed E-state index contributed by atoms with van der Waals surface area (Å²) in [6.45, 7) is 0. The van der Waals surface area contributed by atoms with Crippen molar-refractivity contribution in [1.82, 2.24) is 0 Å². The SMILES string of the molecule is Nc1c2c(c(N)c(S(=O)(=O)c3ccccc3)c1-c1ccccc1)C(=S)c1ccccc1C2=O. The molecule has 1 aliphatic carbocycles. The van der Waals surface area contributed by atoms with Gasteiger partial charge in [-0.25, -0.2) is 8.42 Å². The standard InChI is InChI=1S/C26H18N2O3S2/c27-22-19(15-9-3-1-4-10-15)26(33(30,31)16-11-5-2-6-12-16)23(28)21-20(22)24(29)17-13-7-8-14-18(17)25(21)32/h1-14H,27-28H2. The third-order valence-corrected chi connectivity index (χ3v) is 8.06. The summed E-state index contributed by atoms with van der Waals surface area (Å²) in [6, 6.07) is 23.7. The molecule has 7 heteroatoms. The number of nitrogen functional groups attached to an aromatic ring is 2. The molecule has 0 radical (unpaired) electrons. The van der Waals surface area contributed by atoms with Gasteiger partial charge in [0.2, 0.25) is 9.84 Å². The molecule has 4 aromatic carbocycles. The molecule has 33 heavy (non-hydrogen) atoms. The van der Waals surface area contributed by atoms with Gasteiger partial charge in [-0.2, -0.15) is 0 Å². The molecule has 0 unspecified atom stereocenters. The minimum Gasteiger partial charge on any atom is -0.398 e. The van der Waals surface area contributed by atoms with Crippen molar-refractivity contribution in [3.8, 4) is 11.1 Å². The van der Waals surface area contributed by atoms with Gasteiger partial charge in [0.05, 0.1) is 26.7 Å². The van der Waals surface area contributed by atoms with Crippen LogP contribution in [0.2, 0.25) is 0 Å². The van der Waals surface area contributed by atoms with Gasteiger partial charge in [0.15, 0.2) is 5.78 Å². The number of rotatable bonds is 3. The van der Waals surface area contributed by atoms with Gasteiger partial charge in [0, 0.05) is 22.3 Å². The summed E-state index contributed by atoms with van der Waals surface area (Å²) in [4.78, 5) is 13.7. The maximum absolute atomic E-state index is 13.9. The van der Waals surface area contributed by atoms with Crippen molar-refractivity contribution < 1.29 is 13.2 Å². The Morgan fingerprint density at radius 2 is 1.18 bits per heavy atom. The van der Waals surface area contributed by atoms with Crippen molar-refractivity contribution in [2.24, 2.45) is 0 Å². The van der Waals surface area contributed by atoms with E-state index in [9.17, 15) is 13.2 Å². The van der Waals surface area contributed by atoms with Gasteiger partial charge >= 0.3 is 0 Å². The van der Waals surface area contributed by atoms with Gasteiger partial charge in [0.1, 0.15) is 4.90 Å². The highest BCUT2D eigenvalue weighted by Gasteiger charge is 2.37. The molecule has 0 aromatic heterocycles. The zero-order chi connectivity index (χ0) is 23.3. The zero-order valence-corrected chi connectivity index (χ0v) is 18.9. The highest BCUT2D eigenvalue weighted by atomic mass is 32.2. The smallest absolute Gasteiger partial charge is 0.209 e. The first-order valence-corrected chi connectivity index (χ1v) is 12.0. The number of sulfone groups is 1. The summed E-state index contributed by atoms with van der Waals surface area (Å²) >= 11 is 5.69. The van der Waals surface area contributed by atoms with Crippen LogP contribution in [-0.4, -0.2) is 19.1 Å². The summed E-state index contributed by atoms with van der Waals surface area (Å²) < 4.78 is 27.7. The molecule has 5 rings (SSSR count). The fraction of sp³-hybridized carbons (Fsp3) is 0. The topological polar surface area (TPSA) is 103 Å². The van der Waals surface area contributed by atoms with E-state index >= 15 is 0 Å². The molecule has 0 bridgehead atoms. The highest BCUT2D eigenvalue weighted by molar-refractivity contribution is 7.91. The van der Waals surface area contributed by atoms with E-state index in [2.05, 4.69) is 0 Å². The first-order chi connectivity index (χ1) is 15.8. The maximum Gasteiger partial charge on any atom is 0.209 e. The third-order valence-electron chi connectivity index (χ3n) is 5.78. The van der Waals surface area contributed by atoms with Crippen LogP contribution in [0.4, 0.5) is 11.4 Å². The molecule has 162 valence electrons. The molecule has 0 amide bonds. The van der Waals surface area contributed by atoms with Crippen molar-refractivity contribution >= 4 is 44.1 Å². The number of hydrogen-bond donors (Lipinski definition) is 2. The Labute approximate surface area is 196 Å². The van der Waals surface area contributed by atoms with Crippen LogP contribution in [0.25, 0.3) is 11.1 Å². The van der Waals surface area contributed by atoms with Gasteiger partial charge in [-0.05, 0) is 17.7 Å². The second kappa shape index (κ2) is 7.65. The van der Waals surface area contributed by atoms with Crippen LogP contribution in [-0.2, 0) is 9.84 Å². The lowest BCUT2D eigenvalue weighted by Crippen LogP contribution is -2.25. The summed E-state index contributed by atoms with van der Waals surface area (Å²) in [5.41, 5.74) is 15.2. The van der Waals surface area contributed by atoms with Gasteiger partial charge in [-0.15, -0.1) is 0 Å². The number of fused-ring (bicyclic) bond motifs is 2. The molecular formula is C26H18N2O3S2. The van der Waals surface area contributed by atoms with E-state index in [0.29, 0.717) is 21.6 Å². The van der Waals surface area contributed by atoms with E-state index in [4.69, 9.17) is 23.7 Å². The molecule has 0 spiro atoms. The Morgan fingerprint density at radius 1 is 0.636 bits per heavy atom. The summed E-state index contributed by atoms with van der Waals surface area (Å²) in [5, 5.41) is 0. The fourth-order valence-corrected chi connectivity index (χ4v) is 6.30. The van der Waals surface area contributed by atoms with Crippen LogP contribution in [0.15, 0.2) is 94.7 Å². The molecule has 0 saturated heterocycles. The molecule has 4 aromatic rings. The molecule has 5 nitrogen and oxygen atoms in total. The van der Waals surface area contributed by atoms with Crippen molar-refractivity contribution in [2.75, 3.05) is 11.5 Å². The van der Waals surface area contributed by atoms with E-state index in [-0.39, 0.29) is 43.6 Å². The molecule has 0 aliphatic heterocycles. The maximum atomic E-state index is 13.9. The number of nitrogens with two attached hydrogens (primary N) is 2. The van der Waals surface area contributed by atoms with E-state index in [1.165, 1.54) is 12.1 Å². The summed E-state index contributed by atoms with van der Waals surface area (Å²) in [5.74, 6) is -0.334. The van der Waals surface area contributed by atoms with Crippen molar-refractivity contribution in [1.29, 1.82) is 0 Å². The quantitative estimate of drug-likeness (QED) is 0.294. The number of thiocarbonyl (C=S) groups is 1. The predicted octanol–water partition coefficient (Wildman–Crippen LogP) is 4.66. The highest BCUT2D eigenvalue weighted by Crippen LogP contribution is 2.47. The Bertz CT molecular complexity index is 1560. The number of carbonyl (C=O) groups excluding carboxylic acids is 1. The van der Waals surface area contributed by atoms with Crippen molar-refractivity contribution in [3.63, 3.8) is 0 Å². The monoisotopic (exact) mass is 470 g/mol. The Morgan fingerprint density at radius 3 is 1.82 bits per heavy atom. The first kappa shape index (κ1) is 21.1. The van der Waals surface area contributed by atoms with Crippen LogP contribution < -0.4 is 11.5 Å². The molecule has 4 N–H and O–H groups in total. The van der Waals surface area contributed by atoms with Crippen molar-refractivity contribution in [2.45, 2.75) is 9.79 Å². The Kier molecular flexibility index (Phi) is 4.88. The first-order valence-electron chi connectivity index (χ1n) is 10.1. The number of anilines is 2. The van der Waals surface area contributed by atoms with Crippen molar-refractivity contribution in [3.05, 3.63) is 107 Å². The lowest BCUT2D eigenvalue weighted by Gasteiger charge is -2.27. The summed E-state index contributed by atoms with van der Waals surface area (Å²) in [6.07, 6.45) is 0. The Balaban J connectivity index is 1.94. The van der Waals surface area contributed by atoms with Gasteiger partial charge in [-0.3, -0.25) is 4.79 Å². The van der Waals surface area contributed by atoms with Crippen LogP contribution in [0.1, 0.15) is 27.0 Å². The molecule has 0 atom stereocenters. The van der Waals surface area contributed by atoms with Crippen LogP contribution in [0.3, 0.4) is 0 Å². The minimum absolute atomic E-state index is 0.0433. The van der Waals surface area contributed by atoms with Gasteiger partial charge < -0.3 is 11.5 Å². The average molecular weight is 471 g/mol. The molecular weight excluding hydrogens is 452 g/mol. The zero-order valence-electron chi connectivity index (χ0n) is 17.3. The van der Waals surface area contributed by atoms with Crippen LogP contribution >= 0.6 is 12.2 Å².